The highest BCUT2D eigenvalue weighted by atomic mass is 35.5. The van der Waals surface area contributed by atoms with Gasteiger partial charge in [-0.1, -0.05) is 17.7 Å². The fourth-order valence-electron chi connectivity index (χ4n) is 1.52. The molecule has 0 aliphatic rings. The summed E-state index contributed by atoms with van der Waals surface area (Å²) in [6.45, 7) is 0.151. The summed E-state index contributed by atoms with van der Waals surface area (Å²) >= 11 is 6.54. The fourth-order valence-corrected chi connectivity index (χ4v) is 2.66. The van der Waals surface area contributed by atoms with Gasteiger partial charge in [0.1, 0.15) is 5.82 Å². The Kier molecular flexibility index (Phi) is 4.84. The van der Waals surface area contributed by atoms with Crippen LogP contribution in [0.25, 0.3) is 0 Å². The van der Waals surface area contributed by atoms with Gasteiger partial charge < -0.3 is 5.32 Å². The molecule has 0 aliphatic heterocycles. The van der Waals surface area contributed by atoms with E-state index in [0.29, 0.717) is 28.2 Å². The van der Waals surface area contributed by atoms with Crippen LogP contribution in [-0.2, 0) is 6.54 Å². The third kappa shape index (κ3) is 4.71. The number of nitrogens with one attached hydrogen (secondary N) is 3. The number of hydrogen-bond acceptors (Lipinski definition) is 4. The summed E-state index contributed by atoms with van der Waals surface area (Å²) in [5.41, 5.74) is -0.00911. The van der Waals surface area contributed by atoms with E-state index in [9.17, 15) is 18.0 Å². The van der Waals surface area contributed by atoms with Crippen LogP contribution in [0.15, 0.2) is 27.9 Å². The van der Waals surface area contributed by atoms with E-state index in [1.165, 1.54) is 6.07 Å². The zero-order valence-electron chi connectivity index (χ0n) is 10.4. The van der Waals surface area contributed by atoms with Gasteiger partial charge in [0, 0.05) is 10.6 Å². The topological polar surface area (TPSA) is 73.6 Å². The van der Waals surface area contributed by atoms with Gasteiger partial charge in [0.15, 0.2) is 0 Å². The van der Waals surface area contributed by atoms with E-state index in [4.69, 9.17) is 11.6 Å². The van der Waals surface area contributed by atoms with Gasteiger partial charge in [-0.2, -0.15) is 18.3 Å². The van der Waals surface area contributed by atoms with Crippen LogP contribution in [0.2, 0.25) is 5.02 Å². The van der Waals surface area contributed by atoms with Crippen molar-refractivity contribution < 1.29 is 13.2 Å². The van der Waals surface area contributed by atoms with Crippen LogP contribution in [0.1, 0.15) is 5.82 Å². The second-order valence-corrected chi connectivity index (χ2v) is 5.39. The van der Waals surface area contributed by atoms with Crippen molar-refractivity contribution in [2.75, 3.05) is 11.1 Å². The number of nitrogens with zero attached hydrogens (tertiary/aromatic N) is 1. The number of aromatic amines is 2. The van der Waals surface area contributed by atoms with Crippen LogP contribution in [-0.4, -0.2) is 27.1 Å². The van der Waals surface area contributed by atoms with Crippen LogP contribution in [0.4, 0.5) is 18.9 Å². The first kappa shape index (κ1) is 15.8. The molecule has 0 amide bonds. The highest BCUT2D eigenvalue weighted by Gasteiger charge is 2.28. The minimum Gasteiger partial charge on any atom is -0.377 e. The SMILES string of the molecule is O=c1[nH]nc(CNc2cccc(Cl)c2SCC(F)(F)F)[nH]1. The summed E-state index contributed by atoms with van der Waals surface area (Å²) in [6.07, 6.45) is -4.28. The first-order valence-corrected chi connectivity index (χ1v) is 7.07. The molecule has 1 heterocycles. The molecule has 1 aromatic heterocycles. The molecule has 5 nitrogen and oxygen atoms in total. The van der Waals surface area contributed by atoms with Crippen LogP contribution >= 0.6 is 23.4 Å². The molecule has 0 saturated carbocycles. The Bertz CT molecular complexity index is 670. The van der Waals surface area contributed by atoms with Gasteiger partial charge in [0.25, 0.3) is 0 Å². The van der Waals surface area contributed by atoms with Crippen molar-refractivity contribution in [1.82, 2.24) is 15.2 Å². The fraction of sp³-hybridized carbons (Fsp3) is 0.273. The maximum absolute atomic E-state index is 12.3. The number of aromatic nitrogens is 3. The number of anilines is 1. The molecule has 0 spiro atoms. The van der Waals surface area contributed by atoms with Crippen molar-refractivity contribution in [3.8, 4) is 0 Å². The van der Waals surface area contributed by atoms with E-state index in [2.05, 4.69) is 20.5 Å². The molecule has 10 heteroatoms. The molecular formula is C11H10ClF3N4OS. The van der Waals surface area contributed by atoms with Crippen molar-refractivity contribution in [3.63, 3.8) is 0 Å². The average Bonchev–Trinajstić information content (AvgIpc) is 2.80. The van der Waals surface area contributed by atoms with Crippen molar-refractivity contribution in [1.29, 1.82) is 0 Å². The summed E-state index contributed by atoms with van der Waals surface area (Å²) in [6, 6.07) is 4.74. The molecule has 0 fully saturated rings. The van der Waals surface area contributed by atoms with E-state index >= 15 is 0 Å². The van der Waals surface area contributed by atoms with Crippen molar-refractivity contribution >= 4 is 29.1 Å². The number of halogens is 4. The highest BCUT2D eigenvalue weighted by Crippen LogP contribution is 2.37. The van der Waals surface area contributed by atoms with Crippen LogP contribution in [0, 0.1) is 0 Å². The third-order valence-electron chi connectivity index (χ3n) is 2.34. The van der Waals surface area contributed by atoms with Crippen molar-refractivity contribution in [3.05, 3.63) is 39.5 Å². The monoisotopic (exact) mass is 338 g/mol. The molecule has 0 saturated heterocycles. The third-order valence-corrected chi connectivity index (χ3v) is 3.97. The number of benzene rings is 1. The summed E-state index contributed by atoms with van der Waals surface area (Å²) in [4.78, 5) is 13.6. The first-order valence-electron chi connectivity index (χ1n) is 5.70. The van der Waals surface area contributed by atoms with E-state index in [0.717, 1.165) is 0 Å². The van der Waals surface area contributed by atoms with Crippen LogP contribution in [0.5, 0.6) is 0 Å². The molecule has 0 aliphatic carbocycles. The molecule has 0 radical (unpaired) electrons. The number of hydrogen-bond donors (Lipinski definition) is 3. The average molecular weight is 339 g/mol. The number of alkyl halides is 3. The van der Waals surface area contributed by atoms with Gasteiger partial charge in [0.2, 0.25) is 0 Å². The van der Waals surface area contributed by atoms with Crippen molar-refractivity contribution in [2.45, 2.75) is 17.6 Å². The lowest BCUT2D eigenvalue weighted by Crippen LogP contribution is -2.11. The van der Waals surface area contributed by atoms with Gasteiger partial charge in [0.05, 0.1) is 17.3 Å². The molecule has 0 bridgehead atoms. The maximum Gasteiger partial charge on any atom is 0.398 e. The van der Waals surface area contributed by atoms with Gasteiger partial charge >= 0.3 is 11.9 Å². The maximum atomic E-state index is 12.3. The molecule has 3 N–H and O–H groups in total. The smallest absolute Gasteiger partial charge is 0.377 e. The predicted molar refractivity (Wildman–Crippen MR) is 74.8 cm³/mol. The zero-order chi connectivity index (χ0) is 15.5. The standard InChI is InChI=1S/C11H10ClF3N4OS/c12-6-2-1-3-7(9(6)21-5-11(13,14)15)16-4-8-17-10(20)19-18-8/h1-3,16H,4-5H2,(H2,17,18,19,20). The molecule has 0 unspecified atom stereocenters. The summed E-state index contributed by atoms with van der Waals surface area (Å²) in [7, 11) is 0. The largest absolute Gasteiger partial charge is 0.398 e. The molecular weight excluding hydrogens is 329 g/mol. The Morgan fingerprint density at radius 2 is 2.14 bits per heavy atom. The van der Waals surface area contributed by atoms with Gasteiger partial charge in [-0.15, -0.1) is 11.8 Å². The van der Waals surface area contributed by atoms with Crippen molar-refractivity contribution in [2.24, 2.45) is 0 Å². The van der Waals surface area contributed by atoms with Gasteiger partial charge in [-0.25, -0.2) is 9.89 Å². The van der Waals surface area contributed by atoms with E-state index in [-0.39, 0.29) is 11.6 Å². The Morgan fingerprint density at radius 3 is 2.76 bits per heavy atom. The normalized spacial score (nSPS) is 11.6. The minimum absolute atomic E-state index is 0.151. The first-order chi connectivity index (χ1) is 9.85. The minimum atomic E-state index is -4.28. The lowest BCUT2D eigenvalue weighted by Gasteiger charge is -2.13. The summed E-state index contributed by atoms with van der Waals surface area (Å²) < 4.78 is 37.0. The Balaban J connectivity index is 2.11. The summed E-state index contributed by atoms with van der Waals surface area (Å²) in [5.74, 6) is -0.697. The van der Waals surface area contributed by atoms with Crippen LogP contribution < -0.4 is 11.0 Å². The highest BCUT2D eigenvalue weighted by molar-refractivity contribution is 7.99. The zero-order valence-corrected chi connectivity index (χ0v) is 12.0. The molecule has 1 aromatic carbocycles. The molecule has 0 atom stereocenters. The second kappa shape index (κ2) is 6.44. The molecule has 21 heavy (non-hydrogen) atoms. The number of thioether (sulfide) groups is 1. The quantitative estimate of drug-likeness (QED) is 0.733. The van der Waals surface area contributed by atoms with E-state index in [1.54, 1.807) is 12.1 Å². The van der Waals surface area contributed by atoms with E-state index < -0.39 is 17.6 Å². The predicted octanol–water partition coefficient (Wildman–Crippen LogP) is 3.02. The van der Waals surface area contributed by atoms with E-state index in [1.807, 2.05) is 0 Å². The Hall–Kier alpha value is -1.61. The Morgan fingerprint density at radius 1 is 1.38 bits per heavy atom. The lowest BCUT2D eigenvalue weighted by atomic mass is 10.3. The van der Waals surface area contributed by atoms with Gasteiger partial charge in [-0.3, -0.25) is 4.98 Å². The summed E-state index contributed by atoms with van der Waals surface area (Å²) in [5, 5.41) is 9.01. The molecule has 2 aromatic rings. The molecule has 114 valence electrons. The number of H-pyrrole nitrogens is 2. The number of rotatable bonds is 5. The van der Waals surface area contributed by atoms with Gasteiger partial charge in [-0.05, 0) is 12.1 Å². The molecule has 2 rings (SSSR count). The Labute approximate surface area is 126 Å². The second-order valence-electron chi connectivity index (χ2n) is 4.00. The lowest BCUT2D eigenvalue weighted by molar-refractivity contribution is -0.105. The van der Waals surface area contributed by atoms with Crippen LogP contribution in [0.3, 0.4) is 0 Å².